The maximum Gasteiger partial charge on any atom is 0.223 e. The minimum atomic E-state index is 0.159. The van der Waals surface area contributed by atoms with E-state index in [-0.39, 0.29) is 11.8 Å². The van der Waals surface area contributed by atoms with Gasteiger partial charge in [-0.05, 0) is 61.2 Å². The Morgan fingerprint density at radius 1 is 1.23 bits per heavy atom. The van der Waals surface area contributed by atoms with Gasteiger partial charge in [0.2, 0.25) is 5.91 Å². The average Bonchev–Trinajstić information content (AvgIpc) is 2.92. The van der Waals surface area contributed by atoms with Crippen LogP contribution in [0.25, 0.3) is 0 Å². The van der Waals surface area contributed by atoms with Gasteiger partial charge >= 0.3 is 0 Å². The van der Waals surface area contributed by atoms with Gasteiger partial charge in [0.1, 0.15) is 0 Å². The van der Waals surface area contributed by atoms with E-state index >= 15 is 0 Å². The summed E-state index contributed by atoms with van der Waals surface area (Å²) in [7, 11) is 0. The smallest absolute Gasteiger partial charge is 0.223 e. The Bertz CT molecular complexity index is 420. The van der Waals surface area contributed by atoms with E-state index in [1.165, 1.54) is 31.2 Å². The van der Waals surface area contributed by atoms with E-state index in [0.717, 1.165) is 32.5 Å². The second-order valence-electron chi connectivity index (χ2n) is 6.28. The summed E-state index contributed by atoms with van der Waals surface area (Å²) in [4.78, 5) is 14.9. The fourth-order valence-corrected chi connectivity index (χ4v) is 4.04. The molecule has 1 saturated heterocycles. The zero-order valence-electron chi connectivity index (χ0n) is 14.0. The van der Waals surface area contributed by atoms with Crippen LogP contribution in [0.3, 0.4) is 0 Å². The number of likely N-dealkylation sites (tertiary alicyclic amines) is 1. The van der Waals surface area contributed by atoms with Gasteiger partial charge in [0.25, 0.3) is 0 Å². The quantitative estimate of drug-likeness (QED) is 0.815. The molecule has 2 heterocycles. The van der Waals surface area contributed by atoms with Crippen molar-refractivity contribution in [1.29, 1.82) is 0 Å². The number of carbonyl (C=O) groups excluding carboxylic acids is 1. The number of nitrogens with one attached hydrogen (secondary N) is 1. The van der Waals surface area contributed by atoms with Crippen molar-refractivity contribution >= 4 is 17.2 Å². The molecule has 1 amide bonds. The highest BCUT2D eigenvalue weighted by Gasteiger charge is 2.23. The first-order chi connectivity index (χ1) is 10.8. The SMILES string of the molecule is CCC(CC)C(=O)NC[C@H](c1ccsc1)N1CCCCCC1. The Morgan fingerprint density at radius 3 is 2.45 bits per heavy atom. The summed E-state index contributed by atoms with van der Waals surface area (Å²) in [6.45, 7) is 7.24. The lowest BCUT2D eigenvalue weighted by molar-refractivity contribution is -0.125. The molecule has 0 radical (unpaired) electrons. The van der Waals surface area contributed by atoms with Crippen LogP contribution < -0.4 is 5.32 Å². The molecular weight excluding hydrogens is 292 g/mol. The molecule has 1 N–H and O–H groups in total. The van der Waals surface area contributed by atoms with Gasteiger partial charge in [0.05, 0.1) is 6.04 Å². The van der Waals surface area contributed by atoms with E-state index in [9.17, 15) is 4.79 Å². The third kappa shape index (κ3) is 4.82. The topological polar surface area (TPSA) is 32.3 Å². The van der Waals surface area contributed by atoms with Crippen molar-refractivity contribution in [3.63, 3.8) is 0 Å². The second kappa shape index (κ2) is 9.31. The summed E-state index contributed by atoms with van der Waals surface area (Å²) < 4.78 is 0. The fourth-order valence-electron chi connectivity index (χ4n) is 3.33. The third-order valence-corrected chi connectivity index (χ3v) is 5.54. The predicted octanol–water partition coefficient (Wildman–Crippen LogP) is 4.22. The van der Waals surface area contributed by atoms with Crippen LogP contribution in [-0.2, 0) is 4.79 Å². The van der Waals surface area contributed by atoms with Crippen LogP contribution in [0, 0.1) is 5.92 Å². The molecule has 1 aliphatic heterocycles. The molecule has 1 aliphatic rings. The van der Waals surface area contributed by atoms with Crippen LogP contribution in [0.4, 0.5) is 0 Å². The molecule has 4 heteroatoms. The Labute approximate surface area is 139 Å². The lowest BCUT2D eigenvalue weighted by Crippen LogP contribution is -2.40. The molecule has 0 unspecified atom stereocenters. The fraction of sp³-hybridized carbons (Fsp3) is 0.722. The number of hydrogen-bond acceptors (Lipinski definition) is 3. The van der Waals surface area contributed by atoms with Gasteiger partial charge in [0.15, 0.2) is 0 Å². The van der Waals surface area contributed by atoms with Gasteiger partial charge in [-0.3, -0.25) is 9.69 Å². The number of carbonyl (C=O) groups is 1. The molecule has 124 valence electrons. The first kappa shape index (κ1) is 17.5. The highest BCUT2D eigenvalue weighted by atomic mass is 32.1. The molecule has 1 aromatic rings. The maximum absolute atomic E-state index is 12.3. The molecule has 2 rings (SSSR count). The first-order valence-corrected chi connectivity index (χ1v) is 9.74. The van der Waals surface area contributed by atoms with Gasteiger partial charge < -0.3 is 5.32 Å². The maximum atomic E-state index is 12.3. The van der Waals surface area contributed by atoms with E-state index in [1.807, 2.05) is 0 Å². The van der Waals surface area contributed by atoms with Crippen molar-refractivity contribution in [2.45, 2.75) is 58.4 Å². The van der Waals surface area contributed by atoms with Crippen molar-refractivity contribution in [2.24, 2.45) is 5.92 Å². The van der Waals surface area contributed by atoms with Gasteiger partial charge in [-0.2, -0.15) is 11.3 Å². The molecule has 1 fully saturated rings. The summed E-state index contributed by atoms with van der Waals surface area (Å²) in [6.07, 6.45) is 7.09. The van der Waals surface area contributed by atoms with Gasteiger partial charge in [-0.15, -0.1) is 0 Å². The van der Waals surface area contributed by atoms with Crippen molar-refractivity contribution in [2.75, 3.05) is 19.6 Å². The standard InChI is InChI=1S/C18H30N2OS/c1-3-15(4-2)18(21)19-13-17(16-9-12-22-14-16)20-10-7-5-6-8-11-20/h9,12,14-15,17H,3-8,10-11,13H2,1-2H3,(H,19,21)/t17-/m1/s1. The summed E-state index contributed by atoms with van der Waals surface area (Å²) in [5.74, 6) is 0.382. The molecule has 22 heavy (non-hydrogen) atoms. The molecule has 0 aromatic carbocycles. The van der Waals surface area contributed by atoms with E-state index in [1.54, 1.807) is 11.3 Å². The van der Waals surface area contributed by atoms with E-state index in [4.69, 9.17) is 0 Å². The molecule has 1 atom stereocenters. The normalized spacial score (nSPS) is 18.1. The number of thiophene rings is 1. The predicted molar refractivity (Wildman–Crippen MR) is 94.2 cm³/mol. The monoisotopic (exact) mass is 322 g/mol. The lowest BCUT2D eigenvalue weighted by atomic mass is 10.0. The number of rotatable bonds is 7. The van der Waals surface area contributed by atoms with Crippen LogP contribution in [-0.4, -0.2) is 30.4 Å². The second-order valence-corrected chi connectivity index (χ2v) is 7.06. The summed E-state index contributed by atoms with van der Waals surface area (Å²) in [5.41, 5.74) is 1.36. The van der Waals surface area contributed by atoms with Crippen LogP contribution in [0.5, 0.6) is 0 Å². The van der Waals surface area contributed by atoms with Gasteiger partial charge in [-0.25, -0.2) is 0 Å². The molecule has 0 aliphatic carbocycles. The molecule has 1 aromatic heterocycles. The van der Waals surface area contributed by atoms with E-state index < -0.39 is 0 Å². The summed E-state index contributed by atoms with van der Waals surface area (Å²) in [5, 5.41) is 7.59. The number of amides is 1. The van der Waals surface area contributed by atoms with Crippen molar-refractivity contribution < 1.29 is 4.79 Å². The van der Waals surface area contributed by atoms with Crippen LogP contribution >= 0.6 is 11.3 Å². The molecule has 0 bridgehead atoms. The van der Waals surface area contributed by atoms with Gasteiger partial charge in [0, 0.05) is 12.5 Å². The average molecular weight is 323 g/mol. The molecule has 0 spiro atoms. The van der Waals surface area contributed by atoms with E-state index in [2.05, 4.69) is 40.9 Å². The lowest BCUT2D eigenvalue weighted by Gasteiger charge is -2.31. The Balaban J connectivity index is 2.00. The summed E-state index contributed by atoms with van der Waals surface area (Å²) in [6, 6.07) is 2.55. The molecule has 0 saturated carbocycles. The van der Waals surface area contributed by atoms with Crippen LogP contribution in [0.1, 0.15) is 64.0 Å². The van der Waals surface area contributed by atoms with Gasteiger partial charge in [-0.1, -0.05) is 26.7 Å². The minimum Gasteiger partial charge on any atom is -0.354 e. The minimum absolute atomic E-state index is 0.159. The zero-order valence-corrected chi connectivity index (χ0v) is 14.8. The highest BCUT2D eigenvalue weighted by Crippen LogP contribution is 2.25. The zero-order chi connectivity index (χ0) is 15.8. The summed E-state index contributed by atoms with van der Waals surface area (Å²) >= 11 is 1.75. The Hall–Kier alpha value is -0.870. The molecular formula is C18H30N2OS. The van der Waals surface area contributed by atoms with Crippen molar-refractivity contribution in [3.8, 4) is 0 Å². The highest BCUT2D eigenvalue weighted by molar-refractivity contribution is 7.07. The Morgan fingerprint density at radius 2 is 1.91 bits per heavy atom. The van der Waals surface area contributed by atoms with Crippen molar-refractivity contribution in [3.05, 3.63) is 22.4 Å². The Kier molecular flexibility index (Phi) is 7.40. The molecule has 3 nitrogen and oxygen atoms in total. The van der Waals surface area contributed by atoms with Crippen molar-refractivity contribution in [1.82, 2.24) is 10.2 Å². The third-order valence-electron chi connectivity index (χ3n) is 4.84. The van der Waals surface area contributed by atoms with Crippen LogP contribution in [0.15, 0.2) is 16.8 Å². The largest absolute Gasteiger partial charge is 0.354 e. The van der Waals surface area contributed by atoms with Crippen LogP contribution in [0.2, 0.25) is 0 Å². The number of hydrogen-bond donors (Lipinski definition) is 1. The number of nitrogens with zero attached hydrogens (tertiary/aromatic N) is 1. The van der Waals surface area contributed by atoms with E-state index in [0.29, 0.717) is 6.04 Å². The first-order valence-electron chi connectivity index (χ1n) is 8.80.